The van der Waals surface area contributed by atoms with Crippen LogP contribution in [0.3, 0.4) is 0 Å². The second kappa shape index (κ2) is 5.99. The highest BCUT2D eigenvalue weighted by Gasteiger charge is 2.16. The fourth-order valence-corrected chi connectivity index (χ4v) is 2.26. The number of benzene rings is 2. The zero-order valence-electron chi connectivity index (χ0n) is 12.9. The van der Waals surface area contributed by atoms with Gasteiger partial charge in [-0.3, -0.25) is 0 Å². The van der Waals surface area contributed by atoms with E-state index in [1.165, 1.54) is 9.59 Å². The van der Waals surface area contributed by atoms with Gasteiger partial charge in [-0.1, -0.05) is 60.7 Å². The summed E-state index contributed by atoms with van der Waals surface area (Å²) in [7, 11) is 0. The minimum atomic E-state index is -0.333. The average molecular weight is 318 g/mol. The van der Waals surface area contributed by atoms with Gasteiger partial charge in [-0.25, -0.2) is 0 Å². The molecule has 0 aliphatic heterocycles. The predicted molar refractivity (Wildman–Crippen MR) is 86.6 cm³/mol. The Hall–Kier alpha value is -3.42. The van der Waals surface area contributed by atoms with Crippen molar-refractivity contribution in [2.75, 3.05) is 0 Å². The SMILES string of the molecule is CC(n1nnc(-c2ccccc2)n1)n1nnc(-c2ccccc2)n1. The van der Waals surface area contributed by atoms with Gasteiger partial charge in [0.2, 0.25) is 11.6 Å². The lowest BCUT2D eigenvalue weighted by Gasteiger charge is -2.06. The minimum absolute atomic E-state index is 0.333. The van der Waals surface area contributed by atoms with E-state index in [4.69, 9.17) is 0 Å². The number of aromatic nitrogens is 8. The van der Waals surface area contributed by atoms with Crippen LogP contribution in [0.25, 0.3) is 22.8 Å². The molecule has 2 heterocycles. The molecule has 0 bridgehead atoms. The van der Waals surface area contributed by atoms with Gasteiger partial charge < -0.3 is 0 Å². The van der Waals surface area contributed by atoms with Gasteiger partial charge in [-0.2, -0.15) is 0 Å². The normalized spacial score (nSPS) is 11.1. The van der Waals surface area contributed by atoms with E-state index in [0.29, 0.717) is 11.6 Å². The van der Waals surface area contributed by atoms with Crippen LogP contribution in [0, 0.1) is 0 Å². The summed E-state index contributed by atoms with van der Waals surface area (Å²) in [4.78, 5) is 2.94. The Morgan fingerprint density at radius 2 is 1.08 bits per heavy atom. The number of hydrogen-bond acceptors (Lipinski definition) is 6. The third kappa shape index (κ3) is 2.65. The van der Waals surface area contributed by atoms with Crippen LogP contribution in [0.15, 0.2) is 60.7 Å². The molecule has 24 heavy (non-hydrogen) atoms. The highest BCUT2D eigenvalue weighted by Crippen LogP contribution is 2.15. The van der Waals surface area contributed by atoms with Crippen LogP contribution in [-0.2, 0) is 0 Å². The first-order chi connectivity index (χ1) is 11.8. The monoisotopic (exact) mass is 318 g/mol. The highest BCUT2D eigenvalue weighted by atomic mass is 15.7. The summed E-state index contributed by atoms with van der Waals surface area (Å²) in [5.74, 6) is 1.12. The van der Waals surface area contributed by atoms with Crippen molar-refractivity contribution in [2.24, 2.45) is 0 Å². The molecular formula is C16H14N8. The van der Waals surface area contributed by atoms with E-state index in [1.54, 1.807) is 0 Å². The fourth-order valence-electron chi connectivity index (χ4n) is 2.26. The molecule has 2 aromatic heterocycles. The van der Waals surface area contributed by atoms with Crippen molar-refractivity contribution in [2.45, 2.75) is 13.1 Å². The molecule has 4 aromatic rings. The third-order valence-corrected chi connectivity index (χ3v) is 3.59. The molecule has 0 saturated heterocycles. The zero-order chi connectivity index (χ0) is 16.4. The van der Waals surface area contributed by atoms with Gasteiger partial charge in [0.15, 0.2) is 6.17 Å². The van der Waals surface area contributed by atoms with E-state index in [2.05, 4.69) is 30.8 Å². The molecule has 0 unspecified atom stereocenters. The van der Waals surface area contributed by atoms with Gasteiger partial charge in [0.25, 0.3) is 0 Å². The molecule has 0 fully saturated rings. The Bertz CT molecular complexity index is 851. The van der Waals surface area contributed by atoms with Gasteiger partial charge in [-0.15, -0.1) is 30.0 Å². The van der Waals surface area contributed by atoms with Crippen LogP contribution in [0.5, 0.6) is 0 Å². The van der Waals surface area contributed by atoms with Crippen LogP contribution in [0.2, 0.25) is 0 Å². The maximum absolute atomic E-state index is 4.40. The Balaban J connectivity index is 1.60. The zero-order valence-corrected chi connectivity index (χ0v) is 12.9. The van der Waals surface area contributed by atoms with Crippen molar-refractivity contribution in [3.05, 3.63) is 60.7 Å². The van der Waals surface area contributed by atoms with Crippen molar-refractivity contribution < 1.29 is 0 Å². The second-order valence-electron chi connectivity index (χ2n) is 5.23. The van der Waals surface area contributed by atoms with Crippen molar-refractivity contribution in [1.29, 1.82) is 0 Å². The standard InChI is InChI=1S/C16H14N8/c1-12(23-19-15(17-21-23)13-8-4-2-5-9-13)24-20-16(18-22-24)14-10-6-3-7-11-14/h2-12H,1H3. The summed E-state index contributed by atoms with van der Waals surface area (Å²) in [5, 5.41) is 25.2. The van der Waals surface area contributed by atoms with Crippen LogP contribution in [-0.4, -0.2) is 40.4 Å². The van der Waals surface area contributed by atoms with Gasteiger partial charge in [-0.05, 0) is 17.4 Å². The Morgan fingerprint density at radius 1 is 0.667 bits per heavy atom. The number of nitrogens with zero attached hydrogens (tertiary/aromatic N) is 8. The quantitative estimate of drug-likeness (QED) is 0.572. The molecule has 0 atom stereocenters. The molecule has 2 aromatic carbocycles. The second-order valence-corrected chi connectivity index (χ2v) is 5.23. The van der Waals surface area contributed by atoms with Gasteiger partial charge in [0.05, 0.1) is 0 Å². The van der Waals surface area contributed by atoms with Crippen LogP contribution >= 0.6 is 0 Å². The molecule has 0 aliphatic rings. The molecule has 4 rings (SSSR count). The first-order valence-corrected chi connectivity index (χ1v) is 7.51. The maximum Gasteiger partial charge on any atom is 0.205 e. The van der Waals surface area contributed by atoms with Crippen molar-refractivity contribution >= 4 is 0 Å². The lowest BCUT2D eigenvalue weighted by Crippen LogP contribution is -2.20. The molecule has 8 nitrogen and oxygen atoms in total. The first-order valence-electron chi connectivity index (χ1n) is 7.51. The number of hydrogen-bond donors (Lipinski definition) is 0. The third-order valence-electron chi connectivity index (χ3n) is 3.59. The summed E-state index contributed by atoms with van der Waals surface area (Å²) < 4.78 is 0. The van der Waals surface area contributed by atoms with Gasteiger partial charge >= 0.3 is 0 Å². The van der Waals surface area contributed by atoms with Crippen LogP contribution in [0.4, 0.5) is 0 Å². The number of tetrazole rings is 2. The van der Waals surface area contributed by atoms with E-state index in [9.17, 15) is 0 Å². The molecule has 0 spiro atoms. The topological polar surface area (TPSA) is 87.2 Å². The largest absolute Gasteiger partial charge is 0.205 e. The van der Waals surface area contributed by atoms with E-state index in [-0.39, 0.29) is 6.17 Å². The Labute approximate surface area is 137 Å². The van der Waals surface area contributed by atoms with Gasteiger partial charge in [0.1, 0.15) is 0 Å². The lowest BCUT2D eigenvalue weighted by molar-refractivity contribution is 0.309. The summed E-state index contributed by atoms with van der Waals surface area (Å²) in [6.07, 6.45) is -0.333. The molecule has 118 valence electrons. The molecule has 0 N–H and O–H groups in total. The van der Waals surface area contributed by atoms with E-state index in [1.807, 2.05) is 67.6 Å². The molecule has 0 radical (unpaired) electrons. The van der Waals surface area contributed by atoms with Crippen molar-refractivity contribution in [3.63, 3.8) is 0 Å². The van der Waals surface area contributed by atoms with Crippen molar-refractivity contribution in [3.8, 4) is 22.8 Å². The van der Waals surface area contributed by atoms with E-state index < -0.39 is 0 Å². The molecular weight excluding hydrogens is 304 g/mol. The van der Waals surface area contributed by atoms with E-state index in [0.717, 1.165) is 11.1 Å². The fraction of sp³-hybridized carbons (Fsp3) is 0.125. The average Bonchev–Trinajstić information content (AvgIpc) is 3.33. The Kier molecular flexibility index (Phi) is 3.54. The number of rotatable bonds is 4. The summed E-state index contributed by atoms with van der Waals surface area (Å²) in [5.41, 5.74) is 1.82. The first kappa shape index (κ1) is 14.2. The van der Waals surface area contributed by atoms with Crippen molar-refractivity contribution in [1.82, 2.24) is 40.4 Å². The summed E-state index contributed by atoms with van der Waals surface area (Å²) in [6.45, 7) is 1.88. The summed E-state index contributed by atoms with van der Waals surface area (Å²) >= 11 is 0. The lowest BCUT2D eigenvalue weighted by atomic mass is 10.2. The maximum atomic E-state index is 4.40. The highest BCUT2D eigenvalue weighted by molar-refractivity contribution is 5.53. The molecule has 0 amide bonds. The minimum Gasteiger partial charge on any atom is -0.137 e. The van der Waals surface area contributed by atoms with Crippen LogP contribution < -0.4 is 0 Å². The van der Waals surface area contributed by atoms with E-state index >= 15 is 0 Å². The smallest absolute Gasteiger partial charge is 0.137 e. The molecule has 0 saturated carbocycles. The van der Waals surface area contributed by atoms with Gasteiger partial charge in [0, 0.05) is 11.1 Å². The predicted octanol–water partition coefficient (Wildman–Crippen LogP) is 2.06. The Morgan fingerprint density at radius 3 is 1.50 bits per heavy atom. The summed E-state index contributed by atoms with van der Waals surface area (Å²) in [6, 6.07) is 19.4. The molecule has 0 aliphatic carbocycles. The molecule has 8 heteroatoms. The van der Waals surface area contributed by atoms with Crippen LogP contribution in [0.1, 0.15) is 13.1 Å².